The number of rotatable bonds is 3. The highest BCUT2D eigenvalue weighted by atomic mass is 16.6. The molecule has 1 aliphatic rings. The molecule has 0 radical (unpaired) electrons. The molecule has 4 heteroatoms. The summed E-state index contributed by atoms with van der Waals surface area (Å²) in [6.07, 6.45) is 7.00. The largest absolute Gasteiger partial charge is 0.444 e. The first-order chi connectivity index (χ1) is 8.33. The van der Waals surface area contributed by atoms with Crippen LogP contribution >= 0.6 is 0 Å². The molecular weight excluding hydrogens is 230 g/mol. The molecular formula is C14H21NO3. The van der Waals surface area contributed by atoms with Crippen molar-refractivity contribution < 1.29 is 14.3 Å². The minimum absolute atomic E-state index is 0.0120. The van der Waals surface area contributed by atoms with Gasteiger partial charge in [-0.05, 0) is 33.6 Å². The molecule has 0 saturated carbocycles. The quantitative estimate of drug-likeness (QED) is 0.723. The number of ketones is 1. The summed E-state index contributed by atoms with van der Waals surface area (Å²) in [5, 5.41) is 0. The number of ether oxygens (including phenoxy) is 1. The molecule has 0 bridgehead atoms. The first-order valence-corrected chi connectivity index (χ1v) is 6.28. The lowest BCUT2D eigenvalue weighted by molar-refractivity contribution is -0.119. The highest BCUT2D eigenvalue weighted by Crippen LogP contribution is 2.23. The summed E-state index contributed by atoms with van der Waals surface area (Å²) < 4.78 is 5.33. The molecule has 1 unspecified atom stereocenters. The number of Topliss-reactive ketones (excluding diaryl/α,β-unsaturated/α-hetero) is 1. The first kappa shape index (κ1) is 14.6. The number of nitrogens with zero attached hydrogens (tertiary/aromatic N) is 1. The lowest BCUT2D eigenvalue weighted by Crippen LogP contribution is -2.40. The van der Waals surface area contributed by atoms with Gasteiger partial charge in [0.1, 0.15) is 11.4 Å². The SMILES string of the molecule is C#CCC(=O)CC1CCCN1C(=O)OC(C)(C)C. The van der Waals surface area contributed by atoms with Gasteiger partial charge in [-0.25, -0.2) is 4.79 Å². The van der Waals surface area contributed by atoms with Crippen LogP contribution in [0.1, 0.15) is 46.5 Å². The maximum Gasteiger partial charge on any atom is 0.410 e. The average Bonchev–Trinajstić information content (AvgIpc) is 2.63. The molecule has 1 saturated heterocycles. The van der Waals surface area contributed by atoms with Gasteiger partial charge in [-0.15, -0.1) is 6.42 Å². The summed E-state index contributed by atoms with van der Waals surface area (Å²) >= 11 is 0. The van der Waals surface area contributed by atoms with Gasteiger partial charge in [0.05, 0.1) is 6.42 Å². The Labute approximate surface area is 109 Å². The van der Waals surface area contributed by atoms with Crippen molar-refractivity contribution in [3.8, 4) is 12.3 Å². The molecule has 100 valence electrons. The van der Waals surface area contributed by atoms with Crippen LogP contribution < -0.4 is 0 Å². The van der Waals surface area contributed by atoms with Crippen LogP contribution in [-0.4, -0.2) is 35.0 Å². The third-order valence-corrected chi connectivity index (χ3v) is 2.77. The highest BCUT2D eigenvalue weighted by molar-refractivity contribution is 5.82. The van der Waals surface area contributed by atoms with Crippen LogP contribution in [0.3, 0.4) is 0 Å². The van der Waals surface area contributed by atoms with E-state index in [2.05, 4.69) is 5.92 Å². The Hall–Kier alpha value is -1.50. The first-order valence-electron chi connectivity index (χ1n) is 6.28. The lowest BCUT2D eigenvalue weighted by Gasteiger charge is -2.28. The minimum Gasteiger partial charge on any atom is -0.444 e. The molecule has 1 heterocycles. The van der Waals surface area contributed by atoms with E-state index < -0.39 is 5.60 Å². The lowest BCUT2D eigenvalue weighted by atomic mass is 10.1. The van der Waals surface area contributed by atoms with Crippen LogP contribution in [-0.2, 0) is 9.53 Å². The number of hydrogen-bond donors (Lipinski definition) is 0. The third kappa shape index (κ3) is 4.40. The van der Waals surface area contributed by atoms with Gasteiger partial charge in [0.15, 0.2) is 0 Å². The third-order valence-electron chi connectivity index (χ3n) is 2.77. The Balaban J connectivity index is 2.57. The molecule has 1 fully saturated rings. The van der Waals surface area contributed by atoms with E-state index in [1.807, 2.05) is 20.8 Å². The smallest absolute Gasteiger partial charge is 0.410 e. The fourth-order valence-corrected chi connectivity index (χ4v) is 2.06. The number of amides is 1. The van der Waals surface area contributed by atoms with E-state index in [0.717, 1.165) is 12.8 Å². The van der Waals surface area contributed by atoms with E-state index in [9.17, 15) is 9.59 Å². The van der Waals surface area contributed by atoms with E-state index in [0.29, 0.717) is 13.0 Å². The Bertz CT molecular complexity index is 362. The van der Waals surface area contributed by atoms with Gasteiger partial charge in [-0.2, -0.15) is 0 Å². The number of carbonyl (C=O) groups is 2. The summed E-state index contributed by atoms with van der Waals surface area (Å²) in [7, 11) is 0. The highest BCUT2D eigenvalue weighted by Gasteiger charge is 2.32. The molecule has 1 rings (SSSR count). The second kappa shape index (κ2) is 5.90. The fourth-order valence-electron chi connectivity index (χ4n) is 2.06. The van der Waals surface area contributed by atoms with Crippen molar-refractivity contribution in [1.29, 1.82) is 0 Å². The fraction of sp³-hybridized carbons (Fsp3) is 0.714. The van der Waals surface area contributed by atoms with Gasteiger partial charge in [-0.3, -0.25) is 4.79 Å². The Morgan fingerprint density at radius 2 is 2.11 bits per heavy atom. The molecule has 1 atom stereocenters. The predicted octanol–water partition coefficient (Wildman–Crippen LogP) is 2.37. The summed E-state index contributed by atoms with van der Waals surface area (Å²) in [4.78, 5) is 25.1. The maximum absolute atomic E-state index is 12.0. The number of likely N-dealkylation sites (tertiary alicyclic amines) is 1. The molecule has 0 aromatic rings. The zero-order valence-corrected chi connectivity index (χ0v) is 11.4. The van der Waals surface area contributed by atoms with Crippen molar-refractivity contribution in [3.05, 3.63) is 0 Å². The minimum atomic E-state index is -0.507. The predicted molar refractivity (Wildman–Crippen MR) is 69.0 cm³/mol. The standard InChI is InChI=1S/C14H21NO3/c1-5-7-12(16)10-11-8-6-9-15(11)13(17)18-14(2,3)4/h1,11H,6-10H2,2-4H3. The Morgan fingerprint density at radius 1 is 1.44 bits per heavy atom. The second-order valence-electron chi connectivity index (χ2n) is 5.59. The van der Waals surface area contributed by atoms with Crippen LogP contribution in [0.4, 0.5) is 4.79 Å². The number of carbonyl (C=O) groups excluding carboxylic acids is 2. The molecule has 1 amide bonds. The summed E-state index contributed by atoms with van der Waals surface area (Å²) in [6, 6.07) is -0.0549. The molecule has 0 N–H and O–H groups in total. The maximum atomic E-state index is 12.0. The van der Waals surface area contributed by atoms with Crippen LogP contribution in [0.25, 0.3) is 0 Å². The van der Waals surface area contributed by atoms with Gasteiger partial charge in [-0.1, -0.05) is 5.92 Å². The van der Waals surface area contributed by atoms with E-state index >= 15 is 0 Å². The second-order valence-corrected chi connectivity index (χ2v) is 5.59. The molecule has 0 aromatic carbocycles. The Kier molecular flexibility index (Phi) is 4.77. The van der Waals surface area contributed by atoms with Crippen molar-refractivity contribution in [2.45, 2.75) is 58.1 Å². The van der Waals surface area contributed by atoms with E-state index in [4.69, 9.17) is 11.2 Å². The molecule has 18 heavy (non-hydrogen) atoms. The van der Waals surface area contributed by atoms with Gasteiger partial charge in [0.25, 0.3) is 0 Å². The van der Waals surface area contributed by atoms with Crippen molar-refractivity contribution >= 4 is 11.9 Å². The van der Waals surface area contributed by atoms with Crippen molar-refractivity contribution in [2.75, 3.05) is 6.54 Å². The molecule has 4 nitrogen and oxygen atoms in total. The Morgan fingerprint density at radius 3 is 2.67 bits per heavy atom. The zero-order chi connectivity index (χ0) is 13.8. The monoisotopic (exact) mass is 251 g/mol. The van der Waals surface area contributed by atoms with Crippen molar-refractivity contribution in [3.63, 3.8) is 0 Å². The summed E-state index contributed by atoms with van der Waals surface area (Å²) in [5.41, 5.74) is -0.507. The van der Waals surface area contributed by atoms with Crippen molar-refractivity contribution in [1.82, 2.24) is 4.90 Å². The average molecular weight is 251 g/mol. The van der Waals surface area contributed by atoms with E-state index in [-0.39, 0.29) is 24.3 Å². The normalized spacial score (nSPS) is 19.4. The van der Waals surface area contributed by atoms with Crippen molar-refractivity contribution in [2.24, 2.45) is 0 Å². The van der Waals surface area contributed by atoms with Crippen LogP contribution in [0.15, 0.2) is 0 Å². The van der Waals surface area contributed by atoms with Crippen LogP contribution in [0, 0.1) is 12.3 Å². The van der Waals surface area contributed by atoms with E-state index in [1.54, 1.807) is 4.90 Å². The number of hydrogen-bond acceptors (Lipinski definition) is 3. The van der Waals surface area contributed by atoms with Gasteiger partial charge < -0.3 is 9.64 Å². The molecule has 0 aromatic heterocycles. The topological polar surface area (TPSA) is 46.6 Å². The zero-order valence-electron chi connectivity index (χ0n) is 11.4. The summed E-state index contributed by atoms with van der Waals surface area (Å²) in [5.74, 6) is 2.35. The van der Waals surface area contributed by atoms with Crippen LogP contribution in [0.5, 0.6) is 0 Å². The molecule has 0 aliphatic carbocycles. The molecule has 1 aliphatic heterocycles. The van der Waals surface area contributed by atoms with Crippen LogP contribution in [0.2, 0.25) is 0 Å². The van der Waals surface area contributed by atoms with Gasteiger partial charge >= 0.3 is 6.09 Å². The van der Waals surface area contributed by atoms with Gasteiger partial charge in [0, 0.05) is 19.0 Å². The number of terminal acetylenes is 1. The van der Waals surface area contributed by atoms with Gasteiger partial charge in [0.2, 0.25) is 0 Å². The summed E-state index contributed by atoms with van der Waals surface area (Å²) in [6.45, 7) is 6.15. The molecule has 0 spiro atoms. The van der Waals surface area contributed by atoms with E-state index in [1.165, 1.54) is 0 Å².